The van der Waals surface area contributed by atoms with Crippen LogP contribution in [0.3, 0.4) is 0 Å². The SMILES string of the molecule is CC(NC(=O)c1ccc(-c2ccccc2)[nH]1)C(C)C(=O)O. The van der Waals surface area contributed by atoms with Crippen molar-refractivity contribution >= 4 is 11.9 Å². The summed E-state index contributed by atoms with van der Waals surface area (Å²) >= 11 is 0. The Bertz CT molecular complexity index is 634. The molecule has 3 N–H and O–H groups in total. The topological polar surface area (TPSA) is 82.2 Å². The second kappa shape index (κ2) is 6.26. The molecular formula is C16H18N2O3. The number of H-pyrrole nitrogens is 1. The number of carbonyl (C=O) groups excluding carboxylic acids is 1. The molecule has 0 saturated heterocycles. The van der Waals surface area contributed by atoms with Crippen molar-refractivity contribution in [1.29, 1.82) is 0 Å². The molecule has 0 fully saturated rings. The first kappa shape index (κ1) is 14.8. The summed E-state index contributed by atoms with van der Waals surface area (Å²) < 4.78 is 0. The molecule has 2 unspecified atom stereocenters. The fraction of sp³-hybridized carbons (Fsp3) is 0.250. The van der Waals surface area contributed by atoms with Crippen LogP contribution in [0, 0.1) is 5.92 Å². The van der Waals surface area contributed by atoms with Crippen molar-refractivity contribution in [3.05, 3.63) is 48.2 Å². The summed E-state index contributed by atoms with van der Waals surface area (Å²) in [6, 6.07) is 12.7. The zero-order valence-electron chi connectivity index (χ0n) is 12.0. The molecule has 1 amide bonds. The van der Waals surface area contributed by atoms with Crippen LogP contribution in [-0.2, 0) is 4.79 Å². The van der Waals surface area contributed by atoms with Gasteiger partial charge in [0.1, 0.15) is 5.69 Å². The molecule has 0 radical (unpaired) electrons. The highest BCUT2D eigenvalue weighted by Gasteiger charge is 2.22. The van der Waals surface area contributed by atoms with Crippen LogP contribution >= 0.6 is 0 Å². The summed E-state index contributed by atoms with van der Waals surface area (Å²) in [5, 5.41) is 11.6. The first-order valence-electron chi connectivity index (χ1n) is 6.77. The number of aliphatic carboxylic acids is 1. The number of carboxylic acid groups (broad SMARTS) is 1. The van der Waals surface area contributed by atoms with Gasteiger partial charge in [-0.25, -0.2) is 0 Å². The molecule has 21 heavy (non-hydrogen) atoms. The third kappa shape index (κ3) is 3.51. The largest absolute Gasteiger partial charge is 0.481 e. The normalized spacial score (nSPS) is 13.4. The van der Waals surface area contributed by atoms with E-state index in [0.717, 1.165) is 11.3 Å². The fourth-order valence-electron chi connectivity index (χ4n) is 1.94. The molecule has 1 heterocycles. The Labute approximate surface area is 123 Å². The number of aromatic amines is 1. The lowest BCUT2D eigenvalue weighted by atomic mass is 10.0. The lowest BCUT2D eigenvalue weighted by molar-refractivity contribution is -0.141. The van der Waals surface area contributed by atoms with Gasteiger partial charge < -0.3 is 15.4 Å². The average Bonchev–Trinajstić information content (AvgIpc) is 2.97. The Kier molecular flexibility index (Phi) is 4.42. The number of benzene rings is 1. The maximum absolute atomic E-state index is 12.1. The number of nitrogens with one attached hydrogen (secondary N) is 2. The molecule has 0 saturated carbocycles. The Morgan fingerprint density at radius 1 is 1.10 bits per heavy atom. The highest BCUT2D eigenvalue weighted by atomic mass is 16.4. The number of rotatable bonds is 5. The van der Waals surface area contributed by atoms with E-state index in [9.17, 15) is 9.59 Å². The highest BCUT2D eigenvalue weighted by molar-refractivity contribution is 5.93. The molecule has 1 aromatic heterocycles. The van der Waals surface area contributed by atoms with Gasteiger partial charge in [0.25, 0.3) is 5.91 Å². The predicted molar refractivity (Wildman–Crippen MR) is 80.0 cm³/mol. The maximum atomic E-state index is 12.1. The molecular weight excluding hydrogens is 268 g/mol. The lowest BCUT2D eigenvalue weighted by Gasteiger charge is -2.17. The molecule has 2 atom stereocenters. The van der Waals surface area contributed by atoms with Crippen molar-refractivity contribution in [2.24, 2.45) is 5.92 Å². The van der Waals surface area contributed by atoms with Crippen LogP contribution in [0.1, 0.15) is 24.3 Å². The molecule has 5 heteroatoms. The van der Waals surface area contributed by atoms with Crippen LogP contribution in [0.2, 0.25) is 0 Å². The second-order valence-electron chi connectivity index (χ2n) is 5.04. The van der Waals surface area contributed by atoms with Gasteiger partial charge in [-0.15, -0.1) is 0 Å². The molecule has 0 aliphatic rings. The maximum Gasteiger partial charge on any atom is 0.308 e. The van der Waals surface area contributed by atoms with Crippen molar-refractivity contribution in [1.82, 2.24) is 10.3 Å². The van der Waals surface area contributed by atoms with Gasteiger partial charge in [-0.1, -0.05) is 30.3 Å². The molecule has 0 bridgehead atoms. The number of hydrogen-bond donors (Lipinski definition) is 3. The van der Waals surface area contributed by atoms with E-state index in [4.69, 9.17) is 5.11 Å². The van der Waals surface area contributed by atoms with Gasteiger partial charge in [-0.05, 0) is 31.5 Å². The molecule has 0 aliphatic heterocycles. The van der Waals surface area contributed by atoms with Crippen LogP contribution < -0.4 is 5.32 Å². The van der Waals surface area contributed by atoms with Crippen LogP contribution in [-0.4, -0.2) is 28.0 Å². The quantitative estimate of drug-likeness (QED) is 0.790. The molecule has 110 valence electrons. The van der Waals surface area contributed by atoms with Crippen molar-refractivity contribution in [2.75, 3.05) is 0 Å². The number of amides is 1. The first-order chi connectivity index (χ1) is 9.99. The summed E-state index contributed by atoms with van der Waals surface area (Å²) in [4.78, 5) is 26.0. The fourth-order valence-corrected chi connectivity index (χ4v) is 1.94. The summed E-state index contributed by atoms with van der Waals surface area (Å²) in [7, 11) is 0. The van der Waals surface area contributed by atoms with E-state index in [2.05, 4.69) is 10.3 Å². The zero-order valence-corrected chi connectivity index (χ0v) is 12.0. The zero-order chi connectivity index (χ0) is 15.4. The Morgan fingerprint density at radius 2 is 1.76 bits per heavy atom. The number of aromatic nitrogens is 1. The molecule has 5 nitrogen and oxygen atoms in total. The average molecular weight is 286 g/mol. The Balaban J connectivity index is 2.08. The first-order valence-corrected chi connectivity index (χ1v) is 6.77. The van der Waals surface area contributed by atoms with E-state index >= 15 is 0 Å². The standard InChI is InChI=1S/C16H18N2O3/c1-10(16(20)21)11(2)17-15(19)14-9-8-13(18-14)12-6-4-3-5-7-12/h3-11,18H,1-2H3,(H,17,19)(H,20,21). The van der Waals surface area contributed by atoms with Crippen molar-refractivity contribution in [2.45, 2.75) is 19.9 Å². The van der Waals surface area contributed by atoms with Crippen molar-refractivity contribution < 1.29 is 14.7 Å². The Hall–Kier alpha value is -2.56. The van der Waals surface area contributed by atoms with Gasteiger partial charge in [-0.3, -0.25) is 9.59 Å². The third-order valence-corrected chi connectivity index (χ3v) is 3.51. The summed E-state index contributed by atoms with van der Waals surface area (Å²) in [5.74, 6) is -1.88. The summed E-state index contributed by atoms with van der Waals surface area (Å²) in [6.45, 7) is 3.25. The van der Waals surface area contributed by atoms with Gasteiger partial charge in [0.05, 0.1) is 5.92 Å². The summed E-state index contributed by atoms with van der Waals surface area (Å²) in [5.41, 5.74) is 2.25. The predicted octanol–water partition coefficient (Wildman–Crippen LogP) is 2.52. The molecule has 0 aliphatic carbocycles. The van der Waals surface area contributed by atoms with Crippen LogP contribution in [0.5, 0.6) is 0 Å². The van der Waals surface area contributed by atoms with E-state index < -0.39 is 17.9 Å². The van der Waals surface area contributed by atoms with Gasteiger partial charge in [-0.2, -0.15) is 0 Å². The monoisotopic (exact) mass is 286 g/mol. The molecule has 2 rings (SSSR count). The van der Waals surface area contributed by atoms with E-state index in [1.165, 1.54) is 0 Å². The minimum absolute atomic E-state index is 0.308. The lowest BCUT2D eigenvalue weighted by Crippen LogP contribution is -2.40. The highest BCUT2D eigenvalue weighted by Crippen LogP contribution is 2.18. The van der Waals surface area contributed by atoms with Gasteiger partial charge in [0, 0.05) is 11.7 Å². The molecule has 2 aromatic rings. The minimum Gasteiger partial charge on any atom is -0.481 e. The second-order valence-corrected chi connectivity index (χ2v) is 5.04. The van der Waals surface area contributed by atoms with E-state index in [0.29, 0.717) is 5.69 Å². The van der Waals surface area contributed by atoms with Gasteiger partial charge in [0.15, 0.2) is 0 Å². The number of hydrogen-bond acceptors (Lipinski definition) is 2. The smallest absolute Gasteiger partial charge is 0.308 e. The third-order valence-electron chi connectivity index (χ3n) is 3.51. The van der Waals surface area contributed by atoms with Crippen molar-refractivity contribution in [3.8, 4) is 11.3 Å². The van der Waals surface area contributed by atoms with Crippen LogP contribution in [0.25, 0.3) is 11.3 Å². The summed E-state index contributed by atoms with van der Waals surface area (Å²) in [6.07, 6.45) is 0. The molecule has 1 aromatic carbocycles. The minimum atomic E-state index is -0.931. The van der Waals surface area contributed by atoms with E-state index in [1.54, 1.807) is 19.9 Å². The number of carbonyl (C=O) groups is 2. The molecule has 0 spiro atoms. The van der Waals surface area contributed by atoms with Crippen LogP contribution in [0.4, 0.5) is 0 Å². The number of carboxylic acids is 1. The van der Waals surface area contributed by atoms with Crippen LogP contribution in [0.15, 0.2) is 42.5 Å². The van der Waals surface area contributed by atoms with E-state index in [-0.39, 0.29) is 5.91 Å². The van der Waals surface area contributed by atoms with Crippen molar-refractivity contribution in [3.63, 3.8) is 0 Å². The Morgan fingerprint density at radius 3 is 2.38 bits per heavy atom. The van der Waals surface area contributed by atoms with Gasteiger partial charge >= 0.3 is 5.97 Å². The van der Waals surface area contributed by atoms with E-state index in [1.807, 2.05) is 36.4 Å². The van der Waals surface area contributed by atoms with Gasteiger partial charge in [0.2, 0.25) is 0 Å².